The van der Waals surface area contributed by atoms with Gasteiger partial charge in [-0.2, -0.15) is 4.31 Å². The van der Waals surface area contributed by atoms with Gasteiger partial charge in [0.1, 0.15) is 25.4 Å². The molecule has 0 bridgehead atoms. The molecule has 8 nitrogen and oxygen atoms in total. The van der Waals surface area contributed by atoms with Gasteiger partial charge >= 0.3 is 0 Å². The monoisotopic (exact) mass is 402 g/mol. The van der Waals surface area contributed by atoms with E-state index in [1.165, 1.54) is 0 Å². The Bertz CT molecular complexity index is 999. The first kappa shape index (κ1) is 17.7. The molecule has 4 heterocycles. The van der Waals surface area contributed by atoms with Crippen molar-refractivity contribution in [3.63, 3.8) is 0 Å². The summed E-state index contributed by atoms with van der Waals surface area (Å²) in [5, 5.41) is 0. The van der Waals surface area contributed by atoms with Crippen LogP contribution in [0.1, 0.15) is 5.69 Å². The average Bonchev–Trinajstić information content (AvgIpc) is 3.27. The molecule has 3 aliphatic rings. The second-order valence-electron chi connectivity index (χ2n) is 7.57. The van der Waals surface area contributed by atoms with Crippen molar-refractivity contribution in [2.75, 3.05) is 44.3 Å². The molecule has 0 spiro atoms. The lowest BCUT2D eigenvalue weighted by atomic mass is 10.0. The van der Waals surface area contributed by atoms with Crippen LogP contribution in [0.4, 0.5) is 5.82 Å². The fourth-order valence-electron chi connectivity index (χ4n) is 4.28. The first-order valence-corrected chi connectivity index (χ1v) is 10.9. The van der Waals surface area contributed by atoms with Gasteiger partial charge in [-0.05, 0) is 30.9 Å². The molecule has 148 valence electrons. The highest BCUT2D eigenvalue weighted by Gasteiger charge is 2.44. The van der Waals surface area contributed by atoms with Crippen LogP contribution in [0.15, 0.2) is 35.5 Å². The summed E-state index contributed by atoms with van der Waals surface area (Å²) in [6.45, 7) is 5.55. The van der Waals surface area contributed by atoms with Crippen LogP contribution in [0, 0.1) is 18.8 Å². The van der Waals surface area contributed by atoms with E-state index in [2.05, 4.69) is 14.9 Å². The first-order valence-electron chi connectivity index (χ1n) is 9.44. The largest absolute Gasteiger partial charge is 0.486 e. The van der Waals surface area contributed by atoms with Gasteiger partial charge < -0.3 is 14.4 Å². The second kappa shape index (κ2) is 6.59. The van der Waals surface area contributed by atoms with E-state index >= 15 is 0 Å². The minimum atomic E-state index is -3.55. The highest BCUT2D eigenvalue weighted by molar-refractivity contribution is 7.89. The van der Waals surface area contributed by atoms with Crippen molar-refractivity contribution in [3.05, 3.63) is 36.3 Å². The number of rotatable bonds is 3. The lowest BCUT2D eigenvalue weighted by molar-refractivity contribution is 0.171. The van der Waals surface area contributed by atoms with Crippen LogP contribution in [0.3, 0.4) is 0 Å². The predicted octanol–water partition coefficient (Wildman–Crippen LogP) is 1.31. The number of aryl methyl sites for hydroxylation is 1. The molecule has 28 heavy (non-hydrogen) atoms. The number of benzene rings is 1. The molecule has 2 atom stereocenters. The van der Waals surface area contributed by atoms with Crippen LogP contribution in [0.2, 0.25) is 0 Å². The summed E-state index contributed by atoms with van der Waals surface area (Å²) in [5.74, 6) is 2.63. The summed E-state index contributed by atoms with van der Waals surface area (Å²) in [7, 11) is -3.55. The van der Waals surface area contributed by atoms with Gasteiger partial charge in [0.25, 0.3) is 0 Å². The molecule has 2 aromatic rings. The van der Waals surface area contributed by atoms with Gasteiger partial charge in [0.05, 0.1) is 4.90 Å². The van der Waals surface area contributed by atoms with Crippen molar-refractivity contribution in [1.29, 1.82) is 0 Å². The minimum Gasteiger partial charge on any atom is -0.486 e. The van der Waals surface area contributed by atoms with Gasteiger partial charge in [-0.15, -0.1) is 0 Å². The lowest BCUT2D eigenvalue weighted by Gasteiger charge is -2.23. The maximum absolute atomic E-state index is 13.1. The molecule has 3 aliphatic heterocycles. The quantitative estimate of drug-likeness (QED) is 0.765. The Morgan fingerprint density at radius 2 is 1.68 bits per heavy atom. The normalized spacial score (nSPS) is 24.4. The van der Waals surface area contributed by atoms with Crippen molar-refractivity contribution >= 4 is 15.8 Å². The van der Waals surface area contributed by atoms with Crippen LogP contribution in [0.25, 0.3) is 0 Å². The molecular formula is C19H22N4O4S. The molecule has 1 aromatic heterocycles. The van der Waals surface area contributed by atoms with Gasteiger partial charge in [-0.25, -0.2) is 18.4 Å². The third-order valence-electron chi connectivity index (χ3n) is 5.72. The number of fused-ring (bicyclic) bond motifs is 2. The van der Waals surface area contributed by atoms with Crippen molar-refractivity contribution < 1.29 is 17.9 Å². The molecular weight excluding hydrogens is 380 g/mol. The molecule has 9 heteroatoms. The highest BCUT2D eigenvalue weighted by Crippen LogP contribution is 2.38. The number of hydrogen-bond donors (Lipinski definition) is 0. The number of sulfonamides is 1. The Labute approximate surface area is 164 Å². The summed E-state index contributed by atoms with van der Waals surface area (Å²) in [6, 6.07) is 6.84. The van der Waals surface area contributed by atoms with E-state index in [9.17, 15) is 8.42 Å². The molecule has 0 amide bonds. The standard InChI is InChI=1S/C19H22N4O4S/c1-13-6-19(21-12-20-13)22-8-14-10-23(11-15(14)9-22)28(24,25)16-2-3-17-18(7-16)27-5-4-26-17/h2-3,6-7,12,14-15H,4-5,8-11H2,1H3. The fraction of sp³-hybridized carbons (Fsp3) is 0.474. The van der Waals surface area contributed by atoms with E-state index in [-0.39, 0.29) is 4.90 Å². The third-order valence-corrected chi connectivity index (χ3v) is 7.55. The lowest BCUT2D eigenvalue weighted by Crippen LogP contribution is -2.33. The van der Waals surface area contributed by atoms with Crippen LogP contribution >= 0.6 is 0 Å². The third kappa shape index (κ3) is 2.98. The van der Waals surface area contributed by atoms with Crippen molar-refractivity contribution in [1.82, 2.24) is 14.3 Å². The van der Waals surface area contributed by atoms with E-state index in [4.69, 9.17) is 9.47 Å². The van der Waals surface area contributed by atoms with E-state index in [0.29, 0.717) is 49.6 Å². The zero-order valence-corrected chi connectivity index (χ0v) is 16.4. The van der Waals surface area contributed by atoms with Crippen molar-refractivity contribution in [2.45, 2.75) is 11.8 Å². The summed E-state index contributed by atoms with van der Waals surface area (Å²) in [5.41, 5.74) is 0.935. The van der Waals surface area contributed by atoms with E-state index < -0.39 is 10.0 Å². The Kier molecular flexibility index (Phi) is 4.17. The maximum atomic E-state index is 13.1. The van der Waals surface area contributed by atoms with Gasteiger partial charge in [0.15, 0.2) is 11.5 Å². The minimum absolute atomic E-state index is 0.264. The van der Waals surface area contributed by atoms with E-state index in [1.807, 2.05) is 13.0 Å². The smallest absolute Gasteiger partial charge is 0.243 e. The molecule has 1 aromatic carbocycles. The van der Waals surface area contributed by atoms with Crippen molar-refractivity contribution in [3.8, 4) is 11.5 Å². The summed E-state index contributed by atoms with van der Waals surface area (Å²) in [4.78, 5) is 11.0. The predicted molar refractivity (Wildman–Crippen MR) is 102 cm³/mol. The molecule has 2 unspecified atom stereocenters. The van der Waals surface area contributed by atoms with Crippen LogP contribution in [0.5, 0.6) is 11.5 Å². The maximum Gasteiger partial charge on any atom is 0.243 e. The number of anilines is 1. The second-order valence-corrected chi connectivity index (χ2v) is 9.51. The van der Waals surface area contributed by atoms with Gasteiger partial charge in [0, 0.05) is 44.0 Å². The van der Waals surface area contributed by atoms with Crippen molar-refractivity contribution in [2.24, 2.45) is 11.8 Å². The summed E-state index contributed by atoms with van der Waals surface area (Å²) in [6.07, 6.45) is 1.58. The Balaban J connectivity index is 1.32. The number of hydrogen-bond acceptors (Lipinski definition) is 7. The molecule has 0 N–H and O–H groups in total. The Morgan fingerprint density at radius 1 is 0.964 bits per heavy atom. The van der Waals surface area contributed by atoms with Gasteiger partial charge in [-0.3, -0.25) is 0 Å². The van der Waals surface area contributed by atoms with Crippen LogP contribution < -0.4 is 14.4 Å². The van der Waals surface area contributed by atoms with Gasteiger partial charge in [-0.1, -0.05) is 0 Å². The van der Waals surface area contributed by atoms with E-state index in [1.54, 1.807) is 28.8 Å². The molecule has 2 saturated heterocycles. The number of ether oxygens (including phenoxy) is 2. The summed E-state index contributed by atoms with van der Waals surface area (Å²) < 4.78 is 38.9. The Morgan fingerprint density at radius 3 is 2.39 bits per heavy atom. The van der Waals surface area contributed by atoms with Crippen LogP contribution in [-0.4, -0.2) is 62.1 Å². The fourth-order valence-corrected chi connectivity index (χ4v) is 5.85. The molecule has 0 radical (unpaired) electrons. The zero-order chi connectivity index (χ0) is 19.3. The first-order chi connectivity index (χ1) is 13.5. The number of nitrogens with zero attached hydrogens (tertiary/aromatic N) is 4. The Hall–Kier alpha value is -2.39. The average molecular weight is 402 g/mol. The zero-order valence-electron chi connectivity index (χ0n) is 15.6. The summed E-state index contributed by atoms with van der Waals surface area (Å²) >= 11 is 0. The molecule has 2 fully saturated rings. The number of aromatic nitrogens is 2. The molecule has 5 rings (SSSR count). The SMILES string of the molecule is Cc1cc(N2CC3CN(S(=O)(=O)c4ccc5c(c4)OCCO5)CC3C2)ncn1. The molecule has 0 saturated carbocycles. The van der Waals surface area contributed by atoms with Gasteiger partial charge in [0.2, 0.25) is 10.0 Å². The van der Waals surface area contributed by atoms with Crippen LogP contribution in [-0.2, 0) is 10.0 Å². The highest BCUT2D eigenvalue weighted by atomic mass is 32.2. The topological polar surface area (TPSA) is 84.9 Å². The van der Waals surface area contributed by atoms with E-state index in [0.717, 1.165) is 24.6 Å². The molecule has 0 aliphatic carbocycles.